The molecule has 264 valence electrons. The number of benzene rings is 3. The molecule has 0 aliphatic carbocycles. The molecule has 0 saturated carbocycles. The molecule has 0 radical (unpaired) electrons. The lowest BCUT2D eigenvalue weighted by atomic mass is 9.82. The number of fused-ring (bicyclic) bond motifs is 2. The minimum Gasteiger partial charge on any atom is -0.441 e. The van der Waals surface area contributed by atoms with Crippen LogP contribution in [0.4, 0.5) is 15.5 Å². The van der Waals surface area contributed by atoms with E-state index < -0.39 is 43.8 Å². The SMILES string of the molecule is CC(=O)OC1CC(=O)N1c1ccc(CN2C(=O)[C@]3(O[C@H](CC(=O)N(CCO)Cc4ccccc4)[C@@H]([Si](C)(C)F)[C@@H]3C)c3cc(Br)ccc32)cc1. The maximum Gasteiger partial charge on any atom is 0.304 e. The first kappa shape index (κ1) is 35.9. The summed E-state index contributed by atoms with van der Waals surface area (Å²) in [6.07, 6.45) is -1.53. The first-order valence-electron chi connectivity index (χ1n) is 16.7. The first-order chi connectivity index (χ1) is 23.7. The van der Waals surface area contributed by atoms with Gasteiger partial charge in [0.05, 0.1) is 37.8 Å². The van der Waals surface area contributed by atoms with E-state index in [0.29, 0.717) is 16.9 Å². The molecule has 1 N–H and O–H groups in total. The number of ether oxygens (including phenoxy) is 2. The van der Waals surface area contributed by atoms with Crippen LogP contribution >= 0.6 is 15.9 Å². The van der Waals surface area contributed by atoms with Crippen molar-refractivity contribution >= 4 is 59.4 Å². The van der Waals surface area contributed by atoms with E-state index in [1.54, 1.807) is 35.0 Å². The molecule has 1 unspecified atom stereocenters. The Bertz CT molecular complexity index is 1790. The molecule has 2 fully saturated rings. The Morgan fingerprint density at radius 1 is 1.08 bits per heavy atom. The van der Waals surface area contributed by atoms with E-state index in [1.165, 1.54) is 11.8 Å². The molecule has 0 bridgehead atoms. The molecule has 3 aromatic rings. The third kappa shape index (κ3) is 6.63. The summed E-state index contributed by atoms with van der Waals surface area (Å²) < 4.78 is 29.1. The molecule has 3 aliphatic heterocycles. The summed E-state index contributed by atoms with van der Waals surface area (Å²) in [5, 5.41) is 9.78. The number of anilines is 2. The quantitative estimate of drug-likeness (QED) is 0.113. The first-order valence-corrected chi connectivity index (χ1v) is 20.5. The Balaban J connectivity index is 1.29. The molecular weight excluding hydrogens is 725 g/mol. The Labute approximate surface area is 300 Å². The molecule has 3 amide bonds. The number of rotatable bonds is 11. The molecule has 13 heteroatoms. The fourth-order valence-corrected chi connectivity index (χ4v) is 10.7. The van der Waals surface area contributed by atoms with Crippen LogP contribution in [0.5, 0.6) is 0 Å². The number of β-lactam (4-membered cyclic amide) rings is 1. The predicted octanol–water partition coefficient (Wildman–Crippen LogP) is 5.81. The number of amides is 3. The van der Waals surface area contributed by atoms with Crippen molar-refractivity contribution in [1.82, 2.24) is 4.90 Å². The van der Waals surface area contributed by atoms with E-state index in [1.807, 2.05) is 67.6 Å². The summed E-state index contributed by atoms with van der Waals surface area (Å²) in [5.41, 5.74) is 1.31. The van der Waals surface area contributed by atoms with Crippen molar-refractivity contribution in [2.75, 3.05) is 23.0 Å². The topological polar surface area (TPSA) is 117 Å². The van der Waals surface area contributed by atoms with Crippen molar-refractivity contribution in [3.05, 3.63) is 94.0 Å². The summed E-state index contributed by atoms with van der Waals surface area (Å²) in [4.78, 5) is 57.0. The summed E-state index contributed by atoms with van der Waals surface area (Å²) in [7, 11) is -3.53. The van der Waals surface area contributed by atoms with Crippen LogP contribution in [-0.4, -0.2) is 67.6 Å². The van der Waals surface area contributed by atoms with Gasteiger partial charge in [-0.25, -0.2) is 0 Å². The molecular formula is C37H41BrFN3O7Si. The van der Waals surface area contributed by atoms with Crippen molar-refractivity contribution in [1.29, 1.82) is 0 Å². The zero-order valence-corrected chi connectivity index (χ0v) is 31.1. The Kier molecular flexibility index (Phi) is 10.1. The monoisotopic (exact) mass is 765 g/mol. The molecule has 1 spiro atoms. The summed E-state index contributed by atoms with van der Waals surface area (Å²) in [6.45, 7) is 6.69. The Morgan fingerprint density at radius 3 is 2.40 bits per heavy atom. The second-order valence-electron chi connectivity index (χ2n) is 13.8. The van der Waals surface area contributed by atoms with Crippen LogP contribution in [0.25, 0.3) is 0 Å². The van der Waals surface area contributed by atoms with Crippen LogP contribution in [0.3, 0.4) is 0 Å². The van der Waals surface area contributed by atoms with E-state index in [9.17, 15) is 24.3 Å². The van der Waals surface area contributed by atoms with Crippen LogP contribution in [0.1, 0.15) is 43.4 Å². The second-order valence-corrected chi connectivity index (χ2v) is 18.5. The molecule has 5 atom stereocenters. The van der Waals surface area contributed by atoms with Crippen LogP contribution in [0.15, 0.2) is 77.3 Å². The smallest absolute Gasteiger partial charge is 0.304 e. The van der Waals surface area contributed by atoms with Gasteiger partial charge in [0, 0.05) is 47.2 Å². The van der Waals surface area contributed by atoms with Gasteiger partial charge in [0.25, 0.3) is 5.91 Å². The molecule has 3 heterocycles. The van der Waals surface area contributed by atoms with Crippen molar-refractivity contribution < 1.29 is 37.9 Å². The number of carbonyl (C=O) groups is 4. The van der Waals surface area contributed by atoms with Gasteiger partial charge in [0.15, 0.2) is 11.8 Å². The zero-order valence-electron chi connectivity index (χ0n) is 28.5. The lowest BCUT2D eigenvalue weighted by molar-refractivity contribution is -0.154. The van der Waals surface area contributed by atoms with E-state index in [2.05, 4.69) is 15.9 Å². The van der Waals surface area contributed by atoms with E-state index >= 15 is 4.11 Å². The average molecular weight is 767 g/mol. The fraction of sp³-hybridized carbons (Fsp3) is 0.405. The molecule has 3 aromatic carbocycles. The molecule has 6 rings (SSSR count). The van der Waals surface area contributed by atoms with Crippen molar-refractivity contribution in [3.8, 4) is 0 Å². The number of hydrogen-bond donors (Lipinski definition) is 1. The molecule has 3 aliphatic rings. The maximum atomic E-state index is 16.4. The largest absolute Gasteiger partial charge is 0.441 e. The van der Waals surface area contributed by atoms with E-state index in [0.717, 1.165) is 15.6 Å². The zero-order chi connectivity index (χ0) is 36.0. The van der Waals surface area contributed by atoms with Gasteiger partial charge in [0.1, 0.15) is 0 Å². The van der Waals surface area contributed by atoms with Gasteiger partial charge in [-0.2, -0.15) is 0 Å². The van der Waals surface area contributed by atoms with Crippen molar-refractivity contribution in [2.45, 2.75) is 76.3 Å². The minimum absolute atomic E-state index is 0.111. The van der Waals surface area contributed by atoms with Crippen molar-refractivity contribution in [3.63, 3.8) is 0 Å². The molecule has 10 nitrogen and oxygen atoms in total. The standard InChI is InChI=1S/C37H41BrFN3O7Si/c1-23-35(50(3,4)39)31(19-32(45)40(16-17-43)21-25-8-6-5-7-9-25)49-37(23)29-18-27(38)12-15-30(29)41(36(37)47)22-26-10-13-28(14-11-26)42-33(46)20-34(42)48-24(2)44/h5-15,18,23,31,34-35,43H,16-17,19-22H2,1-4H3/t23-,31+,34?,35-,37+/m0/s1. The normalized spacial score (nSPS) is 24.4. The highest BCUT2D eigenvalue weighted by Gasteiger charge is 2.67. The molecule has 0 aromatic heterocycles. The number of halogens is 2. The molecule has 50 heavy (non-hydrogen) atoms. The summed E-state index contributed by atoms with van der Waals surface area (Å²) in [6, 6.07) is 22.1. The average Bonchev–Trinajstić information content (AvgIpc) is 3.47. The third-order valence-corrected chi connectivity index (χ3v) is 13.0. The Hall–Kier alpha value is -3.91. The number of carbonyl (C=O) groups excluding carboxylic acids is 4. The van der Waals surface area contributed by atoms with E-state index in [4.69, 9.17) is 9.47 Å². The highest BCUT2D eigenvalue weighted by molar-refractivity contribution is 9.10. The predicted molar refractivity (Wildman–Crippen MR) is 191 cm³/mol. The van der Waals surface area contributed by atoms with Gasteiger partial charge in [-0.15, -0.1) is 0 Å². The van der Waals surface area contributed by atoms with Crippen LogP contribution < -0.4 is 9.80 Å². The number of nitrogens with zero attached hydrogens (tertiary/aromatic N) is 3. The lowest BCUT2D eigenvalue weighted by Crippen LogP contribution is -2.54. The molecule has 2 saturated heterocycles. The minimum atomic E-state index is -3.53. The Morgan fingerprint density at radius 2 is 1.78 bits per heavy atom. The highest BCUT2D eigenvalue weighted by atomic mass is 79.9. The highest BCUT2D eigenvalue weighted by Crippen LogP contribution is 2.60. The third-order valence-electron chi connectivity index (χ3n) is 10.0. The fourth-order valence-electron chi connectivity index (χ4n) is 7.82. The number of aliphatic hydroxyl groups is 1. The maximum absolute atomic E-state index is 16.4. The number of aliphatic hydroxyl groups excluding tert-OH is 1. The summed E-state index contributed by atoms with van der Waals surface area (Å²) in [5.74, 6) is -1.83. The van der Waals surface area contributed by atoms with E-state index in [-0.39, 0.29) is 56.8 Å². The second kappa shape index (κ2) is 14.0. The van der Waals surface area contributed by atoms with Crippen LogP contribution in [-0.2, 0) is 47.3 Å². The summed E-state index contributed by atoms with van der Waals surface area (Å²) >= 11 is 3.56. The number of hydrogen-bond acceptors (Lipinski definition) is 7. The lowest BCUT2D eigenvalue weighted by Gasteiger charge is -2.39. The van der Waals surface area contributed by atoms with Gasteiger partial charge >= 0.3 is 5.97 Å². The van der Waals surface area contributed by atoms with Gasteiger partial charge in [-0.05, 0) is 54.6 Å². The van der Waals surface area contributed by atoms with Gasteiger partial charge in [-0.3, -0.25) is 24.1 Å². The van der Waals surface area contributed by atoms with Crippen LogP contribution in [0.2, 0.25) is 18.6 Å². The number of esters is 1. The van der Waals surface area contributed by atoms with Crippen molar-refractivity contribution in [2.24, 2.45) is 5.92 Å². The van der Waals surface area contributed by atoms with Gasteiger partial charge < -0.3 is 28.5 Å². The van der Waals surface area contributed by atoms with Gasteiger partial charge in [0.2, 0.25) is 20.2 Å². The van der Waals surface area contributed by atoms with Crippen LogP contribution in [0, 0.1) is 5.92 Å². The van der Waals surface area contributed by atoms with Gasteiger partial charge in [-0.1, -0.05) is 65.3 Å².